The van der Waals surface area contributed by atoms with Gasteiger partial charge in [-0.2, -0.15) is 11.8 Å². The second-order valence-electron chi connectivity index (χ2n) is 8.21. The van der Waals surface area contributed by atoms with E-state index in [1.54, 1.807) is 29.2 Å². The van der Waals surface area contributed by atoms with Gasteiger partial charge in [0, 0.05) is 28.5 Å². The van der Waals surface area contributed by atoms with E-state index in [1.165, 1.54) is 33.8 Å². The highest BCUT2D eigenvalue weighted by atomic mass is 32.2. The maximum Gasteiger partial charge on any atom is 0.315 e. The minimum absolute atomic E-state index is 0.0231. The van der Waals surface area contributed by atoms with Crippen molar-refractivity contribution >= 4 is 56.7 Å². The Balaban J connectivity index is 1.47. The molecule has 33 heavy (non-hydrogen) atoms. The molecule has 1 fully saturated rings. The maximum atomic E-state index is 12.5. The first-order valence-electron chi connectivity index (χ1n) is 11.3. The number of aliphatic hydroxyl groups excluding tert-OH is 2. The molecule has 1 saturated carbocycles. The Hall–Kier alpha value is -1.32. The van der Waals surface area contributed by atoms with Crippen molar-refractivity contribution in [2.45, 2.75) is 37.0 Å². The monoisotopic (exact) mass is 508 g/mol. The van der Waals surface area contributed by atoms with Gasteiger partial charge in [-0.15, -0.1) is 23.1 Å². The van der Waals surface area contributed by atoms with Gasteiger partial charge in [0.1, 0.15) is 5.78 Å². The fraction of sp³-hybridized carbons (Fsp3) is 0.520. The number of carbonyl (C=O) groups is 2. The number of aryl methyl sites for hydroxylation is 1. The fourth-order valence-corrected chi connectivity index (χ4v) is 7.43. The smallest absolute Gasteiger partial charge is 0.315 e. The number of carbonyl (C=O) groups excluding carboxylic acids is 2. The zero-order valence-corrected chi connectivity index (χ0v) is 21.3. The molecule has 0 bridgehead atoms. The molecule has 1 aromatic carbocycles. The van der Waals surface area contributed by atoms with Crippen LogP contribution in [0.3, 0.4) is 0 Å². The van der Waals surface area contributed by atoms with Crippen LogP contribution in [0.25, 0.3) is 10.1 Å². The topological polar surface area (TPSA) is 83.8 Å². The third kappa shape index (κ3) is 7.86. The van der Waals surface area contributed by atoms with Crippen LogP contribution in [0.15, 0.2) is 42.5 Å². The van der Waals surface area contributed by atoms with E-state index in [9.17, 15) is 19.8 Å². The molecule has 180 valence electrons. The van der Waals surface area contributed by atoms with Gasteiger partial charge in [0.2, 0.25) is 0 Å². The first-order valence-corrected chi connectivity index (χ1v) is 14.3. The van der Waals surface area contributed by atoms with Crippen molar-refractivity contribution in [2.75, 3.05) is 31.0 Å². The second kappa shape index (κ2) is 13.5. The van der Waals surface area contributed by atoms with E-state index in [1.807, 2.05) is 18.2 Å². The fourth-order valence-electron chi connectivity index (χ4n) is 4.01. The quantitative estimate of drug-likeness (QED) is 0.236. The molecule has 0 saturated heterocycles. The van der Waals surface area contributed by atoms with E-state index >= 15 is 0 Å². The molecule has 4 atom stereocenters. The molecule has 4 unspecified atom stereocenters. The van der Waals surface area contributed by atoms with Crippen molar-refractivity contribution < 1.29 is 24.5 Å². The van der Waals surface area contributed by atoms with Crippen molar-refractivity contribution in [3.63, 3.8) is 0 Å². The van der Waals surface area contributed by atoms with Crippen LogP contribution >= 0.6 is 34.9 Å². The number of ketones is 1. The van der Waals surface area contributed by atoms with Crippen LogP contribution in [0, 0.1) is 11.8 Å². The number of thioether (sulfide) groups is 2. The summed E-state index contributed by atoms with van der Waals surface area (Å²) in [6.45, 7) is -0.0231. The molecule has 2 N–H and O–H groups in total. The number of aliphatic hydroxyl groups is 2. The molecule has 1 heterocycles. The molecule has 1 aliphatic rings. The predicted octanol–water partition coefficient (Wildman–Crippen LogP) is 4.35. The summed E-state index contributed by atoms with van der Waals surface area (Å²) < 4.78 is 5.89. The average molecular weight is 509 g/mol. The Kier molecular flexibility index (Phi) is 10.8. The SMILES string of the molecule is COC(=O)CSCCCSC1C(=O)CC(CO)C1C=CC(O)CCc1cc2ccccc2s1. The lowest BCUT2D eigenvalue weighted by Gasteiger charge is -2.19. The zero-order chi connectivity index (χ0) is 23.6. The largest absolute Gasteiger partial charge is 0.468 e. The van der Waals surface area contributed by atoms with Gasteiger partial charge in [-0.3, -0.25) is 9.59 Å². The summed E-state index contributed by atoms with van der Waals surface area (Å²) in [6.07, 6.45) is 5.89. The minimum atomic E-state index is -0.578. The van der Waals surface area contributed by atoms with Gasteiger partial charge in [-0.05, 0) is 54.2 Å². The normalized spacial score (nSPS) is 21.8. The molecule has 2 aromatic rings. The number of allylic oxidation sites excluding steroid dienone is 1. The van der Waals surface area contributed by atoms with Crippen LogP contribution < -0.4 is 0 Å². The van der Waals surface area contributed by atoms with Gasteiger partial charge in [0.05, 0.1) is 24.2 Å². The molecule has 3 rings (SSSR count). The van der Waals surface area contributed by atoms with Crippen molar-refractivity contribution in [1.29, 1.82) is 0 Å². The molecular formula is C25H32O5S3. The lowest BCUT2D eigenvalue weighted by atomic mass is 9.95. The Morgan fingerprint density at radius 3 is 2.91 bits per heavy atom. The molecule has 8 heteroatoms. The number of hydrogen-bond donors (Lipinski definition) is 2. The van der Waals surface area contributed by atoms with Gasteiger partial charge in [-0.25, -0.2) is 0 Å². The third-order valence-electron chi connectivity index (χ3n) is 5.81. The van der Waals surface area contributed by atoms with Crippen LogP contribution in [0.2, 0.25) is 0 Å². The number of thiophene rings is 1. The maximum absolute atomic E-state index is 12.5. The summed E-state index contributed by atoms with van der Waals surface area (Å²) >= 11 is 4.92. The number of fused-ring (bicyclic) bond motifs is 1. The lowest BCUT2D eigenvalue weighted by Crippen LogP contribution is -2.21. The summed E-state index contributed by atoms with van der Waals surface area (Å²) in [4.78, 5) is 25.0. The Morgan fingerprint density at radius 1 is 1.33 bits per heavy atom. The Morgan fingerprint density at radius 2 is 2.15 bits per heavy atom. The molecule has 0 spiro atoms. The number of methoxy groups -OCH3 is 1. The number of rotatable bonds is 13. The van der Waals surface area contributed by atoms with Crippen LogP contribution in [0.5, 0.6) is 0 Å². The summed E-state index contributed by atoms with van der Waals surface area (Å²) in [5.74, 6) is 1.81. The minimum Gasteiger partial charge on any atom is -0.468 e. The van der Waals surface area contributed by atoms with E-state index < -0.39 is 6.10 Å². The number of ether oxygens (including phenoxy) is 1. The molecule has 1 aromatic heterocycles. The van der Waals surface area contributed by atoms with Crippen molar-refractivity contribution in [3.8, 4) is 0 Å². The first kappa shape index (κ1) is 26.3. The van der Waals surface area contributed by atoms with Crippen LogP contribution in [0.1, 0.15) is 24.1 Å². The van der Waals surface area contributed by atoms with E-state index in [0.717, 1.165) is 24.3 Å². The van der Waals surface area contributed by atoms with Gasteiger partial charge in [-0.1, -0.05) is 30.4 Å². The molecule has 5 nitrogen and oxygen atoms in total. The van der Waals surface area contributed by atoms with E-state index in [4.69, 9.17) is 0 Å². The summed E-state index contributed by atoms with van der Waals surface area (Å²) in [5, 5.41) is 21.3. The number of esters is 1. The predicted molar refractivity (Wildman–Crippen MR) is 139 cm³/mol. The highest BCUT2D eigenvalue weighted by molar-refractivity contribution is 8.01. The van der Waals surface area contributed by atoms with Crippen LogP contribution in [-0.2, 0) is 20.7 Å². The van der Waals surface area contributed by atoms with E-state index in [2.05, 4.69) is 22.9 Å². The Labute approximate surface area is 208 Å². The highest BCUT2D eigenvalue weighted by Gasteiger charge is 2.40. The van der Waals surface area contributed by atoms with Gasteiger partial charge in [0.25, 0.3) is 0 Å². The molecule has 0 amide bonds. The Bertz CT molecular complexity index is 908. The van der Waals surface area contributed by atoms with Gasteiger partial charge < -0.3 is 14.9 Å². The molecule has 0 radical (unpaired) electrons. The van der Waals surface area contributed by atoms with E-state index in [0.29, 0.717) is 18.6 Å². The summed E-state index contributed by atoms with van der Waals surface area (Å²) in [5.41, 5.74) is 0. The molecule has 0 aliphatic heterocycles. The summed E-state index contributed by atoms with van der Waals surface area (Å²) in [6, 6.07) is 10.5. The van der Waals surface area contributed by atoms with Crippen LogP contribution in [0.4, 0.5) is 0 Å². The number of benzene rings is 1. The van der Waals surface area contributed by atoms with Crippen molar-refractivity contribution in [3.05, 3.63) is 47.4 Å². The van der Waals surface area contributed by atoms with Crippen molar-refractivity contribution in [2.24, 2.45) is 11.8 Å². The van der Waals surface area contributed by atoms with Crippen molar-refractivity contribution in [1.82, 2.24) is 0 Å². The number of Topliss-reactive ketones (excluding diaryl/α,β-unsaturated/α-hetero) is 1. The van der Waals surface area contributed by atoms with Gasteiger partial charge in [0.15, 0.2) is 0 Å². The van der Waals surface area contributed by atoms with Crippen LogP contribution in [-0.4, -0.2) is 64.3 Å². The molecular weight excluding hydrogens is 476 g/mol. The second-order valence-corrected chi connectivity index (χ2v) is 11.7. The first-order chi connectivity index (χ1) is 16.0. The third-order valence-corrected chi connectivity index (χ3v) is 9.46. The highest BCUT2D eigenvalue weighted by Crippen LogP contribution is 2.38. The standard InChI is InChI=1S/C25H32O5S3/c1-30-24(29)16-31-11-4-12-32-25-21(18(15-26)14-22(25)28)10-8-19(27)7-9-20-13-17-5-2-3-6-23(17)33-20/h2-3,5-6,8,10,13,18-19,21,25-27H,4,7,9,11-12,14-16H2,1H3. The molecule has 1 aliphatic carbocycles. The summed E-state index contributed by atoms with van der Waals surface area (Å²) in [7, 11) is 1.39. The number of hydrogen-bond acceptors (Lipinski definition) is 8. The zero-order valence-electron chi connectivity index (χ0n) is 18.9. The van der Waals surface area contributed by atoms with Gasteiger partial charge >= 0.3 is 5.97 Å². The lowest BCUT2D eigenvalue weighted by molar-refractivity contribution is -0.137. The average Bonchev–Trinajstić information content (AvgIpc) is 3.38. The van der Waals surface area contributed by atoms with E-state index in [-0.39, 0.29) is 35.4 Å².